The van der Waals surface area contributed by atoms with Crippen molar-refractivity contribution in [2.45, 2.75) is 39.5 Å². The summed E-state index contributed by atoms with van der Waals surface area (Å²) in [4.78, 5) is 8.72. The lowest BCUT2D eigenvalue weighted by Gasteiger charge is -2.08. The summed E-state index contributed by atoms with van der Waals surface area (Å²) in [6, 6.07) is 0. The molecule has 1 aromatic rings. The zero-order chi connectivity index (χ0) is 13.0. The summed E-state index contributed by atoms with van der Waals surface area (Å²) < 4.78 is 0. The zero-order valence-electron chi connectivity index (χ0n) is 11.4. The maximum atomic E-state index is 4.36. The fourth-order valence-electron chi connectivity index (χ4n) is 1.83. The average molecular weight is 240 g/mol. The Morgan fingerprint density at radius 3 is 2.33 bits per heavy atom. The third-order valence-electron chi connectivity index (χ3n) is 3.09. The Kier molecular flexibility index (Phi) is 4.08. The van der Waals surface area contributed by atoms with Gasteiger partial charge in [-0.1, -0.05) is 43.7 Å². The van der Waals surface area contributed by atoms with Gasteiger partial charge in [-0.2, -0.15) is 0 Å². The molecule has 0 saturated heterocycles. The molecule has 1 heterocycles. The first-order chi connectivity index (χ1) is 8.65. The zero-order valence-corrected chi connectivity index (χ0v) is 11.4. The minimum Gasteiger partial charge on any atom is -0.240 e. The van der Waals surface area contributed by atoms with E-state index in [9.17, 15) is 0 Å². The van der Waals surface area contributed by atoms with E-state index >= 15 is 0 Å². The van der Waals surface area contributed by atoms with Gasteiger partial charge >= 0.3 is 0 Å². The van der Waals surface area contributed by atoms with Gasteiger partial charge in [0.15, 0.2) is 0 Å². The van der Waals surface area contributed by atoms with E-state index in [0.29, 0.717) is 5.92 Å². The Labute approximate surface area is 109 Å². The van der Waals surface area contributed by atoms with Crippen LogP contribution < -0.4 is 0 Å². The summed E-state index contributed by atoms with van der Waals surface area (Å²) >= 11 is 0. The fourth-order valence-corrected chi connectivity index (χ4v) is 1.83. The van der Waals surface area contributed by atoms with Crippen LogP contribution in [0.4, 0.5) is 0 Å². The Hall–Kier alpha value is -1.70. The van der Waals surface area contributed by atoms with Crippen molar-refractivity contribution in [3.05, 3.63) is 53.2 Å². The number of nitrogens with zero attached hydrogens (tertiary/aromatic N) is 2. The van der Waals surface area contributed by atoms with Crippen molar-refractivity contribution in [2.24, 2.45) is 0 Å². The molecule has 0 aliphatic heterocycles. The van der Waals surface area contributed by atoms with E-state index in [4.69, 9.17) is 0 Å². The van der Waals surface area contributed by atoms with Gasteiger partial charge in [0, 0.05) is 23.9 Å². The van der Waals surface area contributed by atoms with E-state index in [1.54, 1.807) is 0 Å². The van der Waals surface area contributed by atoms with Gasteiger partial charge in [-0.25, -0.2) is 9.97 Å². The number of allylic oxidation sites excluding steroid dienone is 5. The first-order valence-electron chi connectivity index (χ1n) is 6.51. The van der Waals surface area contributed by atoms with E-state index in [1.165, 1.54) is 17.6 Å². The van der Waals surface area contributed by atoms with Crippen molar-refractivity contribution < 1.29 is 0 Å². The molecule has 0 unspecified atom stereocenters. The second-order valence-corrected chi connectivity index (χ2v) is 5.12. The van der Waals surface area contributed by atoms with Crippen molar-refractivity contribution in [3.63, 3.8) is 0 Å². The van der Waals surface area contributed by atoms with Crippen LogP contribution >= 0.6 is 0 Å². The summed E-state index contributed by atoms with van der Waals surface area (Å²) in [6.07, 6.45) is 14.7. The van der Waals surface area contributed by atoms with Crippen LogP contribution in [-0.4, -0.2) is 9.97 Å². The highest BCUT2D eigenvalue weighted by Gasteiger charge is 2.02. The largest absolute Gasteiger partial charge is 0.240 e. The molecule has 0 fully saturated rings. The molecule has 2 heteroatoms. The molecule has 2 rings (SSSR count). The van der Waals surface area contributed by atoms with Crippen molar-refractivity contribution >= 4 is 6.08 Å². The minimum atomic E-state index is 0.386. The van der Waals surface area contributed by atoms with Crippen LogP contribution in [0.3, 0.4) is 0 Å². The normalized spacial score (nSPS) is 16.0. The summed E-state index contributed by atoms with van der Waals surface area (Å²) in [5.41, 5.74) is 3.89. The smallest absolute Gasteiger partial charge is 0.130 e. The van der Waals surface area contributed by atoms with Gasteiger partial charge in [0.25, 0.3) is 0 Å². The van der Waals surface area contributed by atoms with Gasteiger partial charge in [-0.3, -0.25) is 0 Å². The van der Waals surface area contributed by atoms with E-state index in [2.05, 4.69) is 55.0 Å². The van der Waals surface area contributed by atoms with Gasteiger partial charge < -0.3 is 0 Å². The van der Waals surface area contributed by atoms with Crippen molar-refractivity contribution in [1.29, 1.82) is 0 Å². The fraction of sp³-hybridized carbons (Fsp3) is 0.375. The second kappa shape index (κ2) is 5.76. The Bertz CT molecular complexity index is 490. The highest BCUT2D eigenvalue weighted by atomic mass is 14.9. The predicted molar refractivity (Wildman–Crippen MR) is 76.2 cm³/mol. The van der Waals surface area contributed by atoms with E-state index in [-0.39, 0.29) is 0 Å². The van der Waals surface area contributed by atoms with Gasteiger partial charge in [-0.05, 0) is 25.3 Å². The van der Waals surface area contributed by atoms with Crippen LogP contribution in [0.5, 0.6) is 0 Å². The van der Waals surface area contributed by atoms with Gasteiger partial charge in [0.05, 0.1) is 0 Å². The molecule has 0 saturated carbocycles. The molecule has 2 nitrogen and oxygen atoms in total. The molecule has 1 aliphatic carbocycles. The number of rotatable bonds is 3. The lowest BCUT2D eigenvalue weighted by atomic mass is 9.99. The quantitative estimate of drug-likeness (QED) is 0.788. The van der Waals surface area contributed by atoms with E-state index in [1.807, 2.05) is 12.4 Å². The first kappa shape index (κ1) is 12.7. The third-order valence-corrected chi connectivity index (χ3v) is 3.09. The van der Waals surface area contributed by atoms with Crippen molar-refractivity contribution in [2.75, 3.05) is 0 Å². The van der Waals surface area contributed by atoms with E-state index in [0.717, 1.165) is 17.8 Å². The molecule has 0 atom stereocenters. The first-order valence-corrected chi connectivity index (χ1v) is 6.51. The van der Waals surface area contributed by atoms with Crippen molar-refractivity contribution in [3.8, 4) is 0 Å². The molecular weight excluding hydrogens is 220 g/mol. The van der Waals surface area contributed by atoms with Gasteiger partial charge in [0.1, 0.15) is 5.82 Å². The van der Waals surface area contributed by atoms with Crippen LogP contribution in [-0.2, 0) is 0 Å². The molecule has 0 aromatic carbocycles. The summed E-state index contributed by atoms with van der Waals surface area (Å²) in [6.45, 7) is 6.38. The lowest BCUT2D eigenvalue weighted by Crippen LogP contribution is -1.96. The minimum absolute atomic E-state index is 0.386. The molecule has 1 aliphatic rings. The average Bonchev–Trinajstić information content (AvgIpc) is 2.38. The van der Waals surface area contributed by atoms with Gasteiger partial charge in [0.2, 0.25) is 0 Å². The summed E-state index contributed by atoms with van der Waals surface area (Å²) in [5.74, 6) is 1.29. The van der Waals surface area contributed by atoms with Crippen LogP contribution in [0, 0.1) is 0 Å². The highest BCUT2D eigenvalue weighted by Crippen LogP contribution is 2.19. The maximum absolute atomic E-state index is 4.36. The Morgan fingerprint density at radius 2 is 1.78 bits per heavy atom. The molecule has 0 N–H and O–H groups in total. The number of hydrogen-bond acceptors (Lipinski definition) is 2. The SMILES string of the molecule is CC1=CC=C(/C=C/c2cnc(C(C)C)nc2)CC1. The molecule has 94 valence electrons. The van der Waals surface area contributed by atoms with Gasteiger partial charge in [-0.15, -0.1) is 0 Å². The van der Waals surface area contributed by atoms with E-state index < -0.39 is 0 Å². The number of hydrogen-bond donors (Lipinski definition) is 0. The van der Waals surface area contributed by atoms with Crippen LogP contribution in [0.25, 0.3) is 6.08 Å². The topological polar surface area (TPSA) is 25.8 Å². The Balaban J connectivity index is 2.05. The molecule has 1 aromatic heterocycles. The number of aromatic nitrogens is 2. The molecule has 0 spiro atoms. The monoisotopic (exact) mass is 240 g/mol. The molecule has 18 heavy (non-hydrogen) atoms. The third kappa shape index (κ3) is 3.39. The second-order valence-electron chi connectivity index (χ2n) is 5.12. The summed E-state index contributed by atoms with van der Waals surface area (Å²) in [7, 11) is 0. The van der Waals surface area contributed by atoms with Crippen LogP contribution in [0.15, 0.2) is 41.8 Å². The van der Waals surface area contributed by atoms with Crippen LogP contribution in [0.2, 0.25) is 0 Å². The molecular formula is C16H20N2. The predicted octanol–water partition coefficient (Wildman–Crippen LogP) is 4.28. The lowest BCUT2D eigenvalue weighted by molar-refractivity contribution is 0.773. The van der Waals surface area contributed by atoms with Crippen LogP contribution in [0.1, 0.15) is 50.9 Å². The standard InChI is InChI=1S/C16H20N2/c1-12(2)16-17-10-15(11-18-16)9-8-14-6-4-13(3)5-7-14/h4,6,8-12H,5,7H2,1-3H3/b9-8+. The Morgan fingerprint density at radius 1 is 1.06 bits per heavy atom. The summed E-state index contributed by atoms with van der Waals surface area (Å²) in [5, 5.41) is 0. The highest BCUT2D eigenvalue weighted by molar-refractivity contribution is 5.52. The van der Waals surface area contributed by atoms with Crippen molar-refractivity contribution in [1.82, 2.24) is 9.97 Å². The maximum Gasteiger partial charge on any atom is 0.130 e. The molecule has 0 amide bonds. The molecule has 0 radical (unpaired) electrons. The molecule has 0 bridgehead atoms.